The third-order valence-electron chi connectivity index (χ3n) is 4.91. The van der Waals surface area contributed by atoms with Crippen LogP contribution in [0.3, 0.4) is 0 Å². The first-order valence-electron chi connectivity index (χ1n) is 7.62. The molecule has 1 heterocycles. The van der Waals surface area contributed by atoms with Gasteiger partial charge in [0, 0.05) is 17.0 Å². The quantitative estimate of drug-likeness (QED) is 0.864. The zero-order valence-corrected chi connectivity index (χ0v) is 12.5. The summed E-state index contributed by atoms with van der Waals surface area (Å²) in [6.07, 6.45) is 11.1. The molecule has 3 nitrogen and oxygen atoms in total. The van der Waals surface area contributed by atoms with E-state index in [0.29, 0.717) is 17.8 Å². The van der Waals surface area contributed by atoms with Crippen molar-refractivity contribution in [1.82, 2.24) is 10.3 Å². The zero-order valence-electron chi connectivity index (χ0n) is 11.7. The maximum Gasteiger partial charge on any atom is 0.224 e. The average molecular weight is 288 g/mol. The van der Waals surface area contributed by atoms with E-state index in [9.17, 15) is 4.79 Å². The molecule has 1 aromatic heterocycles. The molecule has 4 rings (SSSR count). The molecule has 0 aliphatic heterocycles. The molecular formula is C16H20N2OS. The van der Waals surface area contributed by atoms with Gasteiger partial charge in [-0.1, -0.05) is 12.2 Å². The molecule has 3 aliphatic rings. The fourth-order valence-corrected chi connectivity index (χ4v) is 4.59. The van der Waals surface area contributed by atoms with Crippen molar-refractivity contribution in [1.29, 1.82) is 0 Å². The van der Waals surface area contributed by atoms with Crippen LogP contribution < -0.4 is 5.32 Å². The second-order valence-electron chi connectivity index (χ2n) is 6.52. The van der Waals surface area contributed by atoms with Gasteiger partial charge in [0.2, 0.25) is 5.91 Å². The number of hydrogen-bond acceptors (Lipinski definition) is 3. The molecule has 0 radical (unpaired) electrons. The highest BCUT2D eigenvalue weighted by atomic mass is 32.1. The van der Waals surface area contributed by atoms with Crippen molar-refractivity contribution in [3.8, 4) is 0 Å². The summed E-state index contributed by atoms with van der Waals surface area (Å²) in [6, 6.07) is 0.157. The lowest BCUT2D eigenvalue weighted by atomic mass is 9.92. The maximum absolute atomic E-state index is 12.6. The summed E-state index contributed by atoms with van der Waals surface area (Å²) in [5.74, 6) is 2.20. The first kappa shape index (κ1) is 12.6. The predicted molar refractivity (Wildman–Crippen MR) is 79.3 cm³/mol. The summed E-state index contributed by atoms with van der Waals surface area (Å²) in [6.45, 7) is 2.08. The molecular weight excluding hydrogens is 268 g/mol. The molecule has 0 spiro atoms. The third kappa shape index (κ3) is 2.20. The summed E-state index contributed by atoms with van der Waals surface area (Å²) >= 11 is 1.72. The van der Waals surface area contributed by atoms with E-state index in [0.717, 1.165) is 11.4 Å². The van der Waals surface area contributed by atoms with Crippen LogP contribution in [0.15, 0.2) is 18.3 Å². The second-order valence-corrected chi connectivity index (χ2v) is 7.79. The second kappa shape index (κ2) is 4.69. The van der Waals surface area contributed by atoms with Gasteiger partial charge in [0.15, 0.2) is 0 Å². The normalized spacial score (nSPS) is 32.5. The molecule has 0 saturated heterocycles. The number of rotatable bonds is 4. The van der Waals surface area contributed by atoms with Gasteiger partial charge in [0.25, 0.3) is 0 Å². The van der Waals surface area contributed by atoms with E-state index in [4.69, 9.17) is 0 Å². The first-order valence-corrected chi connectivity index (χ1v) is 8.43. The Hall–Kier alpha value is -1.16. The number of fused-ring (bicyclic) bond motifs is 2. The first-order chi connectivity index (χ1) is 9.70. The van der Waals surface area contributed by atoms with Crippen LogP contribution in [-0.2, 0) is 4.79 Å². The van der Waals surface area contributed by atoms with Crippen molar-refractivity contribution in [3.63, 3.8) is 0 Å². The minimum atomic E-state index is 0.157. The summed E-state index contributed by atoms with van der Waals surface area (Å²) in [5, 5.41) is 4.40. The van der Waals surface area contributed by atoms with Gasteiger partial charge in [-0.25, -0.2) is 4.98 Å². The number of carbonyl (C=O) groups is 1. The molecule has 20 heavy (non-hydrogen) atoms. The van der Waals surface area contributed by atoms with Gasteiger partial charge in [-0.2, -0.15) is 0 Å². The highest BCUT2D eigenvalue weighted by Crippen LogP contribution is 2.45. The Morgan fingerprint density at radius 1 is 1.40 bits per heavy atom. The minimum absolute atomic E-state index is 0.157. The Kier molecular flexibility index (Phi) is 2.95. The molecule has 2 bridgehead atoms. The number of allylic oxidation sites excluding steroid dienone is 2. The number of aromatic nitrogens is 1. The molecule has 0 aromatic carbocycles. The van der Waals surface area contributed by atoms with Crippen LogP contribution in [-0.4, -0.2) is 10.9 Å². The molecule has 2 saturated carbocycles. The number of hydrogen-bond donors (Lipinski definition) is 1. The Labute approximate surface area is 123 Å². The van der Waals surface area contributed by atoms with Crippen LogP contribution in [0.1, 0.15) is 41.6 Å². The predicted octanol–water partition coefficient (Wildman–Crippen LogP) is 3.23. The van der Waals surface area contributed by atoms with Crippen LogP contribution in [0, 0.1) is 30.6 Å². The number of aryl methyl sites for hydroxylation is 1. The van der Waals surface area contributed by atoms with E-state index >= 15 is 0 Å². The van der Waals surface area contributed by atoms with Crippen molar-refractivity contribution < 1.29 is 4.79 Å². The molecule has 106 valence electrons. The monoisotopic (exact) mass is 288 g/mol. The highest BCUT2D eigenvalue weighted by molar-refractivity contribution is 7.11. The van der Waals surface area contributed by atoms with E-state index in [1.165, 1.54) is 24.1 Å². The van der Waals surface area contributed by atoms with Crippen molar-refractivity contribution in [2.75, 3.05) is 0 Å². The van der Waals surface area contributed by atoms with E-state index in [1.807, 2.05) is 6.20 Å². The van der Waals surface area contributed by atoms with Crippen LogP contribution in [0.5, 0.6) is 0 Å². The SMILES string of the molecule is Cc1cnc([C@H](NC(=O)[C@@H]2C[C@H]3C=C[C@H]2C3)C2CC2)s1. The molecule has 0 unspecified atom stereocenters. The Morgan fingerprint density at radius 3 is 2.80 bits per heavy atom. The van der Waals surface area contributed by atoms with Crippen molar-refractivity contribution in [2.24, 2.45) is 23.7 Å². The van der Waals surface area contributed by atoms with Gasteiger partial charge >= 0.3 is 0 Å². The summed E-state index contributed by atoms with van der Waals surface area (Å²) in [5.41, 5.74) is 0. The fraction of sp³-hybridized carbons (Fsp3) is 0.625. The van der Waals surface area contributed by atoms with E-state index in [2.05, 4.69) is 29.4 Å². The Bertz CT molecular complexity index is 561. The van der Waals surface area contributed by atoms with Gasteiger partial charge in [0.1, 0.15) is 5.01 Å². The Balaban J connectivity index is 1.48. The summed E-state index contributed by atoms with van der Waals surface area (Å²) in [4.78, 5) is 18.3. The van der Waals surface area contributed by atoms with Gasteiger partial charge in [-0.05, 0) is 50.4 Å². The fourth-order valence-electron chi connectivity index (χ4n) is 3.67. The molecule has 4 heteroatoms. The average Bonchev–Trinajstić information content (AvgIpc) is 2.86. The van der Waals surface area contributed by atoms with Crippen molar-refractivity contribution in [3.05, 3.63) is 28.2 Å². The standard InChI is InChI=1S/C16H20N2OS/c1-9-8-17-16(20-9)14(11-4-5-11)18-15(19)13-7-10-2-3-12(13)6-10/h2-3,8,10-14H,4-7H2,1H3,(H,18,19)/t10-,12-,13+,14+/m0/s1. The lowest BCUT2D eigenvalue weighted by molar-refractivity contribution is -0.126. The van der Waals surface area contributed by atoms with Crippen LogP contribution in [0.4, 0.5) is 0 Å². The molecule has 3 aliphatic carbocycles. The minimum Gasteiger partial charge on any atom is -0.346 e. The van der Waals surface area contributed by atoms with Gasteiger partial charge in [-0.3, -0.25) is 4.79 Å². The zero-order chi connectivity index (χ0) is 13.7. The smallest absolute Gasteiger partial charge is 0.224 e. The van der Waals surface area contributed by atoms with E-state index < -0.39 is 0 Å². The van der Waals surface area contributed by atoms with Crippen molar-refractivity contribution >= 4 is 17.2 Å². The lowest BCUT2D eigenvalue weighted by Crippen LogP contribution is -2.36. The van der Waals surface area contributed by atoms with E-state index in [1.54, 1.807) is 11.3 Å². The van der Waals surface area contributed by atoms with Gasteiger partial charge in [-0.15, -0.1) is 11.3 Å². The Morgan fingerprint density at radius 2 is 2.25 bits per heavy atom. The molecule has 1 aromatic rings. The number of nitrogens with one attached hydrogen (secondary N) is 1. The number of thiazole rings is 1. The highest BCUT2D eigenvalue weighted by Gasteiger charge is 2.42. The van der Waals surface area contributed by atoms with Gasteiger partial charge in [0.05, 0.1) is 6.04 Å². The lowest BCUT2D eigenvalue weighted by Gasteiger charge is -2.22. The van der Waals surface area contributed by atoms with Gasteiger partial charge < -0.3 is 5.32 Å². The number of carbonyl (C=O) groups excluding carboxylic acids is 1. The molecule has 1 amide bonds. The number of amides is 1. The molecule has 4 atom stereocenters. The van der Waals surface area contributed by atoms with E-state index in [-0.39, 0.29) is 17.9 Å². The van der Waals surface area contributed by atoms with Crippen LogP contribution in [0.25, 0.3) is 0 Å². The number of nitrogens with zero attached hydrogens (tertiary/aromatic N) is 1. The summed E-state index contributed by atoms with van der Waals surface area (Å²) < 4.78 is 0. The summed E-state index contributed by atoms with van der Waals surface area (Å²) in [7, 11) is 0. The largest absolute Gasteiger partial charge is 0.346 e. The van der Waals surface area contributed by atoms with Crippen LogP contribution >= 0.6 is 11.3 Å². The van der Waals surface area contributed by atoms with Crippen molar-refractivity contribution in [2.45, 2.75) is 38.6 Å². The third-order valence-corrected chi connectivity index (χ3v) is 5.91. The molecule has 1 N–H and O–H groups in total. The topological polar surface area (TPSA) is 42.0 Å². The maximum atomic E-state index is 12.6. The molecule has 2 fully saturated rings. The van der Waals surface area contributed by atoms with Crippen LogP contribution in [0.2, 0.25) is 0 Å².